The molecule has 35 heavy (non-hydrogen) atoms. The fourth-order valence-corrected chi connectivity index (χ4v) is 6.43. The first-order valence-corrected chi connectivity index (χ1v) is 13.6. The van der Waals surface area contributed by atoms with E-state index in [1.54, 1.807) is 12.3 Å². The van der Waals surface area contributed by atoms with Crippen LogP contribution in [0.4, 0.5) is 5.82 Å². The SMILES string of the molecule is CSc1cc(-c2ccc(-c3ncc(N(C4CC4)[C@H]4C[C@]5(C)CC[C@](C)(C4)N5)nn3)c(O)c2)cnn1. The first-order chi connectivity index (χ1) is 16.8. The van der Waals surface area contributed by atoms with Gasteiger partial charge in [0.25, 0.3) is 0 Å². The van der Waals surface area contributed by atoms with E-state index < -0.39 is 0 Å². The van der Waals surface area contributed by atoms with Crippen molar-refractivity contribution in [2.24, 2.45) is 0 Å². The molecule has 3 aliphatic rings. The number of fused-ring (bicyclic) bond motifs is 2. The number of phenols is 1. The fourth-order valence-electron chi connectivity index (χ4n) is 6.06. The van der Waals surface area contributed by atoms with E-state index in [-0.39, 0.29) is 16.8 Å². The van der Waals surface area contributed by atoms with E-state index in [0.717, 1.165) is 34.8 Å². The summed E-state index contributed by atoms with van der Waals surface area (Å²) in [6.45, 7) is 4.72. The van der Waals surface area contributed by atoms with Crippen molar-refractivity contribution < 1.29 is 5.11 Å². The van der Waals surface area contributed by atoms with E-state index in [2.05, 4.69) is 49.4 Å². The number of hydrogen-bond acceptors (Lipinski definition) is 9. The summed E-state index contributed by atoms with van der Waals surface area (Å²) < 4.78 is 0. The van der Waals surface area contributed by atoms with E-state index in [1.807, 2.05) is 30.7 Å². The predicted octanol–water partition coefficient (Wildman–Crippen LogP) is 4.46. The molecule has 3 aromatic rings. The van der Waals surface area contributed by atoms with Gasteiger partial charge in [-0.2, -0.15) is 5.10 Å². The van der Waals surface area contributed by atoms with Crippen LogP contribution >= 0.6 is 11.8 Å². The molecule has 0 radical (unpaired) electrons. The monoisotopic (exact) mass is 489 g/mol. The van der Waals surface area contributed by atoms with Crippen molar-refractivity contribution in [3.63, 3.8) is 0 Å². The molecule has 1 aromatic carbocycles. The van der Waals surface area contributed by atoms with Crippen molar-refractivity contribution in [3.8, 4) is 28.3 Å². The highest BCUT2D eigenvalue weighted by molar-refractivity contribution is 7.98. The largest absolute Gasteiger partial charge is 0.507 e. The standard InChI is InChI=1S/C26H31N7OS/c1-25-8-9-26(2,32-25)13-19(12-25)33(18-5-6-18)22-15-27-24(31-29-22)20-7-4-16(10-21(20)34)17-11-23(35-3)30-28-14-17/h4,7,10-11,14-15,18-19,32,34H,5-6,8-9,12-13H2,1-3H3/t19-,25-,26+. The van der Waals surface area contributed by atoms with Gasteiger partial charge in [-0.15, -0.1) is 27.1 Å². The molecule has 3 fully saturated rings. The maximum absolute atomic E-state index is 10.8. The number of anilines is 1. The van der Waals surface area contributed by atoms with Crippen LogP contribution in [0.3, 0.4) is 0 Å². The summed E-state index contributed by atoms with van der Waals surface area (Å²) in [5.74, 6) is 1.39. The highest BCUT2D eigenvalue weighted by atomic mass is 32.2. The molecule has 2 N–H and O–H groups in total. The molecule has 2 bridgehead atoms. The van der Waals surface area contributed by atoms with E-state index in [1.165, 1.54) is 37.4 Å². The summed E-state index contributed by atoms with van der Waals surface area (Å²) in [6, 6.07) is 8.42. The Morgan fingerprint density at radius 3 is 2.37 bits per heavy atom. The zero-order valence-corrected chi connectivity index (χ0v) is 21.2. The fraction of sp³-hybridized carbons (Fsp3) is 0.500. The summed E-state index contributed by atoms with van der Waals surface area (Å²) >= 11 is 1.53. The van der Waals surface area contributed by atoms with Crippen LogP contribution in [0.15, 0.2) is 41.7 Å². The number of nitrogens with one attached hydrogen (secondary N) is 1. The average molecular weight is 490 g/mol. The lowest BCUT2D eigenvalue weighted by Gasteiger charge is -2.46. The summed E-state index contributed by atoms with van der Waals surface area (Å²) in [5.41, 5.74) is 2.72. The molecule has 9 heteroatoms. The first kappa shape index (κ1) is 22.7. The van der Waals surface area contributed by atoms with Gasteiger partial charge in [-0.1, -0.05) is 6.07 Å². The third-order valence-corrected chi connectivity index (χ3v) is 8.38. The Balaban J connectivity index is 1.25. The molecule has 4 heterocycles. The van der Waals surface area contributed by atoms with Crippen LogP contribution in [0.25, 0.3) is 22.5 Å². The smallest absolute Gasteiger partial charge is 0.185 e. The average Bonchev–Trinajstić information content (AvgIpc) is 3.65. The van der Waals surface area contributed by atoms with Crippen LogP contribution in [-0.2, 0) is 0 Å². The highest BCUT2D eigenvalue weighted by Gasteiger charge is 2.51. The predicted molar refractivity (Wildman–Crippen MR) is 137 cm³/mol. The summed E-state index contributed by atoms with van der Waals surface area (Å²) in [7, 11) is 0. The second-order valence-corrected chi connectivity index (χ2v) is 11.6. The number of piperidine rings is 1. The quantitative estimate of drug-likeness (QED) is 0.486. The van der Waals surface area contributed by atoms with Gasteiger partial charge in [0.05, 0.1) is 18.0 Å². The number of aromatic hydroxyl groups is 1. The van der Waals surface area contributed by atoms with Gasteiger partial charge in [0.2, 0.25) is 0 Å². The van der Waals surface area contributed by atoms with Gasteiger partial charge < -0.3 is 15.3 Å². The van der Waals surface area contributed by atoms with E-state index in [4.69, 9.17) is 0 Å². The van der Waals surface area contributed by atoms with Crippen LogP contribution < -0.4 is 10.2 Å². The summed E-state index contributed by atoms with van der Waals surface area (Å²) in [6.07, 6.45) is 12.6. The third-order valence-electron chi connectivity index (χ3n) is 7.77. The topological polar surface area (TPSA) is 100.0 Å². The Hall–Kier alpha value is -2.78. The first-order valence-electron chi connectivity index (χ1n) is 12.3. The van der Waals surface area contributed by atoms with Crippen LogP contribution in [0.2, 0.25) is 0 Å². The molecule has 6 rings (SSSR count). The number of thioether (sulfide) groups is 1. The molecule has 1 saturated carbocycles. The Labute approximate surface area is 210 Å². The number of aromatic nitrogens is 5. The van der Waals surface area contributed by atoms with Crippen LogP contribution in [0.1, 0.15) is 52.4 Å². The molecule has 2 aliphatic heterocycles. The molecule has 0 unspecified atom stereocenters. The molecule has 3 atom stereocenters. The minimum atomic E-state index is 0.120. The van der Waals surface area contributed by atoms with E-state index >= 15 is 0 Å². The van der Waals surface area contributed by atoms with E-state index in [0.29, 0.717) is 23.5 Å². The molecular formula is C26H31N7OS. The maximum Gasteiger partial charge on any atom is 0.185 e. The van der Waals surface area contributed by atoms with Crippen molar-refractivity contribution in [2.75, 3.05) is 11.2 Å². The zero-order valence-electron chi connectivity index (χ0n) is 20.4. The molecular weight excluding hydrogens is 458 g/mol. The van der Waals surface area contributed by atoms with E-state index in [9.17, 15) is 5.11 Å². The minimum absolute atomic E-state index is 0.120. The van der Waals surface area contributed by atoms with Gasteiger partial charge in [-0.05, 0) is 82.4 Å². The van der Waals surface area contributed by atoms with Gasteiger partial charge in [-0.3, -0.25) is 0 Å². The lowest BCUT2D eigenvalue weighted by molar-refractivity contribution is 0.203. The normalized spacial score (nSPS) is 27.7. The van der Waals surface area contributed by atoms with Crippen molar-refractivity contribution >= 4 is 17.6 Å². The maximum atomic E-state index is 10.8. The van der Waals surface area contributed by atoms with Crippen LogP contribution in [0, 0.1) is 0 Å². The second kappa shape index (κ2) is 8.41. The number of phenolic OH excluding ortho intramolecular Hbond substituents is 1. The van der Waals surface area contributed by atoms with Crippen molar-refractivity contribution in [1.82, 2.24) is 30.7 Å². The van der Waals surface area contributed by atoms with Crippen molar-refractivity contribution in [3.05, 3.63) is 36.7 Å². The lowest BCUT2D eigenvalue weighted by Crippen LogP contribution is -2.59. The van der Waals surface area contributed by atoms with Crippen molar-refractivity contribution in [1.29, 1.82) is 0 Å². The van der Waals surface area contributed by atoms with Crippen molar-refractivity contribution in [2.45, 2.75) is 80.6 Å². The Morgan fingerprint density at radius 1 is 0.971 bits per heavy atom. The second-order valence-electron chi connectivity index (χ2n) is 10.8. The summed E-state index contributed by atoms with van der Waals surface area (Å²) in [5, 5.41) is 32.7. The number of nitrogens with zero attached hydrogens (tertiary/aromatic N) is 6. The molecule has 2 saturated heterocycles. The molecule has 0 amide bonds. The number of benzene rings is 1. The van der Waals surface area contributed by atoms with Gasteiger partial charge >= 0.3 is 0 Å². The Kier molecular flexibility index (Phi) is 5.45. The molecule has 1 aliphatic carbocycles. The number of rotatable bonds is 6. The van der Waals surface area contributed by atoms with Crippen LogP contribution in [-0.4, -0.2) is 59.9 Å². The Bertz CT molecular complexity index is 1230. The van der Waals surface area contributed by atoms with Gasteiger partial charge in [0, 0.05) is 28.7 Å². The molecule has 182 valence electrons. The Morgan fingerprint density at radius 2 is 1.74 bits per heavy atom. The third kappa shape index (κ3) is 4.36. The molecule has 2 aromatic heterocycles. The van der Waals surface area contributed by atoms with Gasteiger partial charge in [0.15, 0.2) is 11.6 Å². The van der Waals surface area contributed by atoms with Crippen LogP contribution in [0.5, 0.6) is 5.75 Å². The summed E-state index contributed by atoms with van der Waals surface area (Å²) in [4.78, 5) is 7.12. The minimum Gasteiger partial charge on any atom is -0.507 e. The number of hydrogen-bond donors (Lipinski definition) is 2. The molecule has 8 nitrogen and oxygen atoms in total. The zero-order chi connectivity index (χ0) is 24.2. The van der Waals surface area contributed by atoms with Gasteiger partial charge in [-0.25, -0.2) is 4.98 Å². The molecule has 0 spiro atoms. The van der Waals surface area contributed by atoms with Gasteiger partial charge in [0.1, 0.15) is 10.8 Å². The highest BCUT2D eigenvalue weighted by Crippen LogP contribution is 2.46. The lowest BCUT2D eigenvalue weighted by atomic mass is 9.84.